The largest absolute Gasteiger partial charge is 0.442 e. The zero-order chi connectivity index (χ0) is 22.1. The molecule has 30 heavy (non-hydrogen) atoms. The van der Waals surface area contributed by atoms with Gasteiger partial charge < -0.3 is 10.1 Å². The molecule has 0 aliphatic rings. The third-order valence-corrected chi connectivity index (χ3v) is 3.77. The van der Waals surface area contributed by atoms with Crippen LogP contribution in [0.3, 0.4) is 0 Å². The van der Waals surface area contributed by atoms with Gasteiger partial charge in [-0.05, 0) is 57.5 Å². The van der Waals surface area contributed by atoms with Crippen LogP contribution in [0.4, 0.5) is 29.6 Å². The standard InChI is InChI=1S/C20H20F3N5O2/c1-12-7-15(13-10-25-28(11-13)18(29)30-19(2,3)4)26-17(8-12)27-16-9-14(5-6-24-16)20(21,22)23/h5-11H,1-4H3,(H,24,26,27). The molecule has 0 aromatic carbocycles. The summed E-state index contributed by atoms with van der Waals surface area (Å²) in [6.07, 6.45) is -1.10. The third kappa shape index (κ3) is 5.34. The Morgan fingerprint density at radius 3 is 2.53 bits per heavy atom. The number of nitrogens with zero attached hydrogens (tertiary/aromatic N) is 4. The topological polar surface area (TPSA) is 81.9 Å². The lowest BCUT2D eigenvalue weighted by Crippen LogP contribution is -2.27. The normalized spacial score (nSPS) is 12.0. The molecular formula is C20H20F3N5O2. The van der Waals surface area contributed by atoms with E-state index in [0.29, 0.717) is 17.1 Å². The van der Waals surface area contributed by atoms with Gasteiger partial charge in [-0.2, -0.15) is 23.0 Å². The van der Waals surface area contributed by atoms with Crippen molar-refractivity contribution < 1.29 is 22.7 Å². The molecule has 0 spiro atoms. The Morgan fingerprint density at radius 1 is 1.13 bits per heavy atom. The Balaban J connectivity index is 1.86. The molecule has 0 bridgehead atoms. The molecule has 0 amide bonds. The van der Waals surface area contributed by atoms with Gasteiger partial charge in [0.1, 0.15) is 17.2 Å². The van der Waals surface area contributed by atoms with Crippen LogP contribution in [0.5, 0.6) is 0 Å². The number of aromatic nitrogens is 4. The van der Waals surface area contributed by atoms with Gasteiger partial charge in [0.15, 0.2) is 0 Å². The van der Waals surface area contributed by atoms with Crippen LogP contribution in [0, 0.1) is 6.92 Å². The summed E-state index contributed by atoms with van der Waals surface area (Å²) < 4.78 is 45.1. The zero-order valence-corrected chi connectivity index (χ0v) is 16.8. The summed E-state index contributed by atoms with van der Waals surface area (Å²) in [6, 6.07) is 5.24. The zero-order valence-electron chi connectivity index (χ0n) is 16.8. The Hall–Kier alpha value is -3.43. The van der Waals surface area contributed by atoms with Crippen LogP contribution < -0.4 is 5.32 Å². The highest BCUT2D eigenvalue weighted by molar-refractivity contribution is 5.72. The Morgan fingerprint density at radius 2 is 1.87 bits per heavy atom. The summed E-state index contributed by atoms with van der Waals surface area (Å²) in [5, 5.41) is 6.79. The quantitative estimate of drug-likeness (QED) is 0.629. The highest BCUT2D eigenvalue weighted by Gasteiger charge is 2.30. The molecule has 0 fully saturated rings. The van der Waals surface area contributed by atoms with Crippen molar-refractivity contribution in [3.63, 3.8) is 0 Å². The van der Waals surface area contributed by atoms with Crippen LogP contribution in [0.25, 0.3) is 11.3 Å². The molecule has 0 saturated carbocycles. The predicted molar refractivity (Wildman–Crippen MR) is 104 cm³/mol. The molecule has 10 heteroatoms. The van der Waals surface area contributed by atoms with Gasteiger partial charge in [0.25, 0.3) is 0 Å². The second kappa shape index (κ2) is 7.77. The fraction of sp³-hybridized carbons (Fsp3) is 0.300. The van der Waals surface area contributed by atoms with Crippen LogP contribution >= 0.6 is 0 Å². The van der Waals surface area contributed by atoms with E-state index in [4.69, 9.17) is 4.74 Å². The molecule has 0 aliphatic heterocycles. The third-order valence-electron chi connectivity index (χ3n) is 3.77. The summed E-state index contributed by atoms with van der Waals surface area (Å²) in [7, 11) is 0. The Labute approximate surface area is 170 Å². The van der Waals surface area contributed by atoms with Crippen molar-refractivity contribution >= 4 is 17.7 Å². The first kappa shape index (κ1) is 21.3. The lowest BCUT2D eigenvalue weighted by atomic mass is 10.2. The first-order valence-electron chi connectivity index (χ1n) is 8.98. The molecule has 158 valence electrons. The van der Waals surface area contributed by atoms with E-state index in [-0.39, 0.29) is 5.82 Å². The maximum Gasteiger partial charge on any atom is 0.435 e. The minimum atomic E-state index is -4.47. The number of pyridine rings is 2. The number of hydrogen-bond donors (Lipinski definition) is 1. The molecule has 0 aliphatic carbocycles. The SMILES string of the molecule is Cc1cc(Nc2cc(C(F)(F)F)ccn2)nc(-c2cnn(C(=O)OC(C)(C)C)c2)c1. The number of anilines is 2. The van der Waals surface area contributed by atoms with E-state index in [1.165, 1.54) is 12.4 Å². The molecule has 0 radical (unpaired) electrons. The number of ether oxygens (including phenoxy) is 1. The number of alkyl halides is 3. The molecule has 0 unspecified atom stereocenters. The fourth-order valence-electron chi connectivity index (χ4n) is 2.55. The Kier molecular flexibility index (Phi) is 5.51. The molecule has 0 saturated heterocycles. The summed E-state index contributed by atoms with van der Waals surface area (Å²) in [5.74, 6) is 0.320. The van der Waals surface area contributed by atoms with Gasteiger partial charge in [-0.15, -0.1) is 0 Å². The highest BCUT2D eigenvalue weighted by atomic mass is 19.4. The minimum Gasteiger partial charge on any atom is -0.442 e. The molecular weight excluding hydrogens is 399 g/mol. The number of hydrogen-bond acceptors (Lipinski definition) is 6. The van der Waals surface area contributed by atoms with Gasteiger partial charge in [0.2, 0.25) is 0 Å². The van der Waals surface area contributed by atoms with E-state index in [9.17, 15) is 18.0 Å². The molecule has 7 nitrogen and oxygen atoms in total. The first-order chi connectivity index (χ1) is 13.9. The van der Waals surface area contributed by atoms with E-state index >= 15 is 0 Å². The van der Waals surface area contributed by atoms with Crippen LogP contribution in [-0.2, 0) is 10.9 Å². The van der Waals surface area contributed by atoms with Crippen LogP contribution in [0.1, 0.15) is 31.9 Å². The summed E-state index contributed by atoms with van der Waals surface area (Å²) in [5.41, 5.74) is 0.356. The van der Waals surface area contributed by atoms with Crippen LogP contribution in [-0.4, -0.2) is 31.4 Å². The van der Waals surface area contributed by atoms with Gasteiger partial charge in [-0.1, -0.05) is 0 Å². The highest BCUT2D eigenvalue weighted by Crippen LogP contribution is 2.30. The van der Waals surface area contributed by atoms with Gasteiger partial charge in [0.05, 0.1) is 17.5 Å². The van der Waals surface area contributed by atoms with Crippen molar-refractivity contribution in [2.24, 2.45) is 0 Å². The molecule has 3 aromatic rings. The average molecular weight is 419 g/mol. The molecule has 3 rings (SSSR count). The van der Waals surface area contributed by atoms with Gasteiger partial charge in [0, 0.05) is 18.0 Å². The van der Waals surface area contributed by atoms with Crippen molar-refractivity contribution in [2.45, 2.75) is 39.5 Å². The number of carbonyl (C=O) groups excluding carboxylic acids is 1. The van der Waals surface area contributed by atoms with Gasteiger partial charge >= 0.3 is 12.3 Å². The molecule has 1 N–H and O–H groups in total. The minimum absolute atomic E-state index is 0.0123. The summed E-state index contributed by atoms with van der Waals surface area (Å²) in [4.78, 5) is 20.5. The van der Waals surface area contributed by atoms with Crippen molar-refractivity contribution in [2.75, 3.05) is 5.32 Å². The van der Waals surface area contributed by atoms with Crippen molar-refractivity contribution in [1.82, 2.24) is 19.7 Å². The maximum atomic E-state index is 12.9. The molecule has 3 heterocycles. The lowest BCUT2D eigenvalue weighted by molar-refractivity contribution is -0.137. The second-order valence-electron chi connectivity index (χ2n) is 7.62. The number of aryl methyl sites for hydroxylation is 1. The van der Waals surface area contributed by atoms with Crippen molar-refractivity contribution in [3.05, 3.63) is 54.0 Å². The summed E-state index contributed by atoms with van der Waals surface area (Å²) in [6.45, 7) is 7.06. The fourth-order valence-corrected chi connectivity index (χ4v) is 2.55. The van der Waals surface area contributed by atoms with E-state index in [1.807, 2.05) is 6.92 Å². The van der Waals surface area contributed by atoms with Gasteiger partial charge in [-0.25, -0.2) is 14.8 Å². The lowest BCUT2D eigenvalue weighted by Gasteiger charge is -2.18. The first-order valence-corrected chi connectivity index (χ1v) is 8.98. The maximum absolute atomic E-state index is 12.9. The molecule has 3 aromatic heterocycles. The summed E-state index contributed by atoms with van der Waals surface area (Å²) >= 11 is 0. The smallest absolute Gasteiger partial charge is 0.435 e. The number of carbonyl (C=O) groups is 1. The van der Waals surface area contributed by atoms with E-state index < -0.39 is 23.4 Å². The number of nitrogens with one attached hydrogen (secondary N) is 1. The second-order valence-corrected chi connectivity index (χ2v) is 7.62. The van der Waals surface area contributed by atoms with E-state index in [1.54, 1.807) is 32.9 Å². The van der Waals surface area contributed by atoms with Gasteiger partial charge in [-0.3, -0.25) is 0 Å². The molecule has 0 atom stereocenters. The number of rotatable bonds is 3. The Bertz CT molecular complexity index is 1070. The van der Waals surface area contributed by atoms with Crippen LogP contribution in [0.15, 0.2) is 42.9 Å². The van der Waals surface area contributed by atoms with Crippen molar-refractivity contribution in [3.8, 4) is 11.3 Å². The van der Waals surface area contributed by atoms with Crippen LogP contribution in [0.2, 0.25) is 0 Å². The predicted octanol–water partition coefficient (Wildman–Crippen LogP) is 5.19. The number of halogens is 3. The van der Waals surface area contributed by atoms with Crippen molar-refractivity contribution in [1.29, 1.82) is 0 Å². The monoisotopic (exact) mass is 419 g/mol. The van der Waals surface area contributed by atoms with E-state index in [2.05, 4.69) is 20.4 Å². The average Bonchev–Trinajstić information content (AvgIpc) is 3.10. The van der Waals surface area contributed by atoms with E-state index in [0.717, 1.165) is 28.6 Å².